The minimum absolute atomic E-state index is 0.0668. The van der Waals surface area contributed by atoms with E-state index in [-0.39, 0.29) is 15.8 Å². The van der Waals surface area contributed by atoms with Crippen molar-refractivity contribution < 1.29 is 9.59 Å². The van der Waals surface area contributed by atoms with Gasteiger partial charge in [0.25, 0.3) is 0 Å². The van der Waals surface area contributed by atoms with Crippen molar-refractivity contribution >= 4 is 34.8 Å². The summed E-state index contributed by atoms with van der Waals surface area (Å²) in [4.78, 5) is 29.2. The molecule has 6 heteroatoms. The third kappa shape index (κ3) is 2.52. The largest absolute Gasteiger partial charge is 0.298 e. The summed E-state index contributed by atoms with van der Waals surface area (Å²) in [7, 11) is 0. The highest BCUT2D eigenvalue weighted by atomic mass is 35.5. The molecule has 0 fully saturated rings. The van der Waals surface area contributed by atoms with E-state index in [1.165, 1.54) is 6.33 Å². The zero-order valence-corrected chi connectivity index (χ0v) is 8.93. The molecule has 0 aliphatic carbocycles. The van der Waals surface area contributed by atoms with Crippen molar-refractivity contribution in [3.63, 3.8) is 0 Å². The molecular formula is C8H7ClN2O2S. The summed E-state index contributed by atoms with van der Waals surface area (Å²) in [5.41, 5.74) is 0.168. The van der Waals surface area contributed by atoms with Gasteiger partial charge in [0.05, 0.1) is 5.56 Å². The first-order valence-corrected chi connectivity index (χ1v) is 5.04. The van der Waals surface area contributed by atoms with Crippen LogP contribution in [0.3, 0.4) is 0 Å². The zero-order valence-electron chi connectivity index (χ0n) is 7.36. The lowest BCUT2D eigenvalue weighted by atomic mass is 10.4. The lowest BCUT2D eigenvalue weighted by Crippen LogP contribution is -1.97. The standard InChI is InChI=1S/C8H7ClN2O2S/c1-2-6(13)14-8-5(3-12)7(9)10-4-11-8/h3-4H,2H2,1H3. The fourth-order valence-electron chi connectivity index (χ4n) is 0.720. The van der Waals surface area contributed by atoms with Gasteiger partial charge in [-0.15, -0.1) is 0 Å². The van der Waals surface area contributed by atoms with Gasteiger partial charge in [-0.05, 0) is 11.8 Å². The number of aldehydes is 1. The minimum Gasteiger partial charge on any atom is -0.298 e. The second-order valence-corrected chi connectivity index (χ2v) is 3.73. The van der Waals surface area contributed by atoms with Gasteiger partial charge in [-0.2, -0.15) is 0 Å². The van der Waals surface area contributed by atoms with Crippen LogP contribution in [0.2, 0.25) is 5.15 Å². The maximum absolute atomic E-state index is 11.1. The Balaban J connectivity index is 3.02. The molecule has 74 valence electrons. The van der Waals surface area contributed by atoms with Crippen LogP contribution in [-0.4, -0.2) is 21.4 Å². The molecule has 0 N–H and O–H groups in total. The summed E-state index contributed by atoms with van der Waals surface area (Å²) in [5.74, 6) is 0. The van der Waals surface area contributed by atoms with E-state index < -0.39 is 0 Å². The maximum Gasteiger partial charge on any atom is 0.194 e. The van der Waals surface area contributed by atoms with E-state index >= 15 is 0 Å². The van der Waals surface area contributed by atoms with Crippen LogP contribution < -0.4 is 0 Å². The molecule has 14 heavy (non-hydrogen) atoms. The molecule has 0 saturated carbocycles. The highest BCUT2D eigenvalue weighted by Gasteiger charge is 2.12. The molecule has 0 unspecified atom stereocenters. The molecule has 1 aromatic heterocycles. The predicted octanol–water partition coefficient (Wildman–Crippen LogP) is 1.97. The highest BCUT2D eigenvalue weighted by molar-refractivity contribution is 8.13. The van der Waals surface area contributed by atoms with Gasteiger partial charge in [0.2, 0.25) is 0 Å². The van der Waals surface area contributed by atoms with Crippen molar-refractivity contribution in [2.75, 3.05) is 0 Å². The second kappa shape index (κ2) is 5.07. The number of hydrogen-bond acceptors (Lipinski definition) is 5. The van der Waals surface area contributed by atoms with Crippen LogP contribution in [0.1, 0.15) is 23.7 Å². The van der Waals surface area contributed by atoms with Gasteiger partial charge in [-0.25, -0.2) is 9.97 Å². The minimum atomic E-state index is -0.0668. The Morgan fingerprint density at radius 1 is 1.64 bits per heavy atom. The molecule has 0 aromatic carbocycles. The van der Waals surface area contributed by atoms with Crippen molar-refractivity contribution in [1.82, 2.24) is 9.97 Å². The molecule has 1 heterocycles. The molecule has 0 amide bonds. The molecule has 0 atom stereocenters. The Bertz CT molecular complexity index is 370. The number of hydrogen-bond donors (Lipinski definition) is 0. The van der Waals surface area contributed by atoms with Crippen LogP contribution in [0.4, 0.5) is 0 Å². The zero-order chi connectivity index (χ0) is 10.6. The Morgan fingerprint density at radius 3 is 2.93 bits per heavy atom. The number of carbonyl (C=O) groups is 2. The van der Waals surface area contributed by atoms with Gasteiger partial charge in [-0.3, -0.25) is 9.59 Å². The number of thioether (sulfide) groups is 1. The first kappa shape index (κ1) is 11.1. The lowest BCUT2D eigenvalue weighted by molar-refractivity contribution is -0.110. The van der Waals surface area contributed by atoms with Gasteiger partial charge < -0.3 is 0 Å². The van der Waals surface area contributed by atoms with Gasteiger partial charge in [-0.1, -0.05) is 18.5 Å². The number of nitrogens with zero attached hydrogens (tertiary/aromatic N) is 2. The fraction of sp³-hybridized carbons (Fsp3) is 0.250. The number of carbonyl (C=O) groups excluding carboxylic acids is 2. The Hall–Kier alpha value is -0.940. The van der Waals surface area contributed by atoms with E-state index in [9.17, 15) is 9.59 Å². The van der Waals surface area contributed by atoms with Crippen LogP contribution >= 0.6 is 23.4 Å². The van der Waals surface area contributed by atoms with Crippen molar-refractivity contribution in [1.29, 1.82) is 0 Å². The van der Waals surface area contributed by atoms with E-state index in [1.807, 2.05) is 0 Å². The topological polar surface area (TPSA) is 59.9 Å². The summed E-state index contributed by atoms with van der Waals surface area (Å²) >= 11 is 6.55. The van der Waals surface area contributed by atoms with E-state index in [0.717, 1.165) is 11.8 Å². The summed E-state index contributed by atoms with van der Waals surface area (Å²) in [6.07, 6.45) is 2.15. The molecule has 1 aromatic rings. The SMILES string of the molecule is CCC(=O)Sc1ncnc(Cl)c1C=O. The molecule has 0 bridgehead atoms. The average molecular weight is 231 g/mol. The van der Waals surface area contributed by atoms with E-state index in [0.29, 0.717) is 17.7 Å². The van der Waals surface area contributed by atoms with Crippen molar-refractivity contribution in [2.24, 2.45) is 0 Å². The number of aromatic nitrogens is 2. The van der Waals surface area contributed by atoms with Gasteiger partial charge in [0.1, 0.15) is 16.5 Å². The van der Waals surface area contributed by atoms with E-state index in [2.05, 4.69) is 9.97 Å². The molecule has 0 aliphatic rings. The first-order chi connectivity index (χ1) is 6.69. The van der Waals surface area contributed by atoms with Crippen molar-refractivity contribution in [3.05, 3.63) is 17.0 Å². The van der Waals surface area contributed by atoms with Gasteiger partial charge in [0.15, 0.2) is 11.4 Å². The second-order valence-electron chi connectivity index (χ2n) is 2.33. The van der Waals surface area contributed by atoms with Crippen LogP contribution in [0, 0.1) is 0 Å². The van der Waals surface area contributed by atoms with Crippen LogP contribution in [0.5, 0.6) is 0 Å². The molecule has 0 radical (unpaired) electrons. The monoisotopic (exact) mass is 230 g/mol. The van der Waals surface area contributed by atoms with Crippen molar-refractivity contribution in [3.8, 4) is 0 Å². The molecule has 4 nitrogen and oxygen atoms in total. The van der Waals surface area contributed by atoms with Crippen LogP contribution in [0.15, 0.2) is 11.4 Å². The molecule has 0 spiro atoms. The van der Waals surface area contributed by atoms with E-state index in [4.69, 9.17) is 11.6 Å². The van der Waals surface area contributed by atoms with Crippen molar-refractivity contribution in [2.45, 2.75) is 18.4 Å². The van der Waals surface area contributed by atoms with Gasteiger partial charge >= 0.3 is 0 Å². The quantitative estimate of drug-likeness (QED) is 0.451. The summed E-state index contributed by atoms with van der Waals surface area (Å²) < 4.78 is 0. The Morgan fingerprint density at radius 2 is 2.36 bits per heavy atom. The molecular weight excluding hydrogens is 224 g/mol. The summed E-state index contributed by atoms with van der Waals surface area (Å²) in [6.45, 7) is 1.73. The predicted molar refractivity (Wildman–Crippen MR) is 53.6 cm³/mol. The molecule has 0 aliphatic heterocycles. The average Bonchev–Trinajstić information content (AvgIpc) is 2.18. The first-order valence-electron chi connectivity index (χ1n) is 3.85. The smallest absolute Gasteiger partial charge is 0.194 e. The number of halogens is 1. The summed E-state index contributed by atoms with van der Waals surface area (Å²) in [6, 6.07) is 0. The molecule has 0 saturated heterocycles. The van der Waals surface area contributed by atoms with Crippen LogP contribution in [0.25, 0.3) is 0 Å². The third-order valence-electron chi connectivity index (χ3n) is 1.42. The third-order valence-corrected chi connectivity index (χ3v) is 2.75. The highest BCUT2D eigenvalue weighted by Crippen LogP contribution is 2.24. The molecule has 1 rings (SSSR count). The lowest BCUT2D eigenvalue weighted by Gasteiger charge is -2.01. The fourth-order valence-corrected chi connectivity index (χ4v) is 1.67. The maximum atomic E-state index is 11.1. The number of rotatable bonds is 3. The summed E-state index contributed by atoms with van der Waals surface area (Å²) in [5, 5.41) is 0.316. The normalized spacial score (nSPS) is 9.86. The Kier molecular flexibility index (Phi) is 4.03. The van der Waals surface area contributed by atoms with E-state index in [1.54, 1.807) is 6.92 Å². The van der Waals surface area contributed by atoms with Crippen LogP contribution in [-0.2, 0) is 4.79 Å². The Labute approximate surface area is 90.1 Å². The van der Waals surface area contributed by atoms with Gasteiger partial charge in [0, 0.05) is 6.42 Å².